The van der Waals surface area contributed by atoms with E-state index in [1.165, 1.54) is 0 Å². The Morgan fingerprint density at radius 2 is 1.04 bits per heavy atom. The van der Waals surface area contributed by atoms with E-state index in [1.807, 2.05) is 76.2 Å². The molecule has 0 amide bonds. The van der Waals surface area contributed by atoms with E-state index in [1.54, 1.807) is 12.2 Å². The van der Waals surface area contributed by atoms with E-state index in [0.29, 0.717) is 24.1 Å². The molecule has 4 nitrogen and oxygen atoms in total. The van der Waals surface area contributed by atoms with Crippen molar-refractivity contribution in [1.82, 2.24) is 0 Å². The van der Waals surface area contributed by atoms with Gasteiger partial charge in [0.2, 0.25) is 0 Å². The number of para-hydroxylation sites is 2. The van der Waals surface area contributed by atoms with E-state index >= 15 is 0 Å². The molecule has 0 aliphatic carbocycles. The van der Waals surface area contributed by atoms with Gasteiger partial charge in [-0.05, 0) is 52.0 Å². The topological polar surface area (TPSA) is 52.6 Å². The lowest BCUT2D eigenvalue weighted by Crippen LogP contribution is -2.07. The van der Waals surface area contributed by atoms with Gasteiger partial charge in [-0.2, -0.15) is 0 Å². The number of hydrogen-bond donors (Lipinski definition) is 0. The van der Waals surface area contributed by atoms with Crippen LogP contribution in [0.25, 0.3) is 12.2 Å². The van der Waals surface area contributed by atoms with Gasteiger partial charge >= 0.3 is 0 Å². The van der Waals surface area contributed by atoms with Crippen LogP contribution >= 0.6 is 0 Å². The standard InChI is InChI=1S/C24H26O4/c1-17(2)27-23-11-7-5-9-19(23)13-21(15-25)22(16-26)14-20-10-6-8-12-24(20)28-18(3)4/h5-18H,1-4H3. The first-order chi connectivity index (χ1) is 13.4. The van der Waals surface area contributed by atoms with Gasteiger partial charge < -0.3 is 9.47 Å². The Morgan fingerprint density at radius 3 is 1.36 bits per heavy atom. The van der Waals surface area contributed by atoms with Gasteiger partial charge in [-0.25, -0.2) is 0 Å². The number of benzene rings is 2. The second kappa shape index (κ2) is 10.3. The predicted molar refractivity (Wildman–Crippen MR) is 112 cm³/mol. The number of ether oxygens (including phenoxy) is 2. The predicted octanol–water partition coefficient (Wildman–Crippen LogP) is 5.13. The van der Waals surface area contributed by atoms with Crippen molar-refractivity contribution in [1.29, 1.82) is 0 Å². The summed E-state index contributed by atoms with van der Waals surface area (Å²) >= 11 is 0. The van der Waals surface area contributed by atoms with Crippen LogP contribution < -0.4 is 9.47 Å². The van der Waals surface area contributed by atoms with Gasteiger partial charge in [-0.15, -0.1) is 0 Å². The molecule has 0 aliphatic heterocycles. The smallest absolute Gasteiger partial charge is 0.150 e. The summed E-state index contributed by atoms with van der Waals surface area (Å²) < 4.78 is 11.6. The van der Waals surface area contributed by atoms with Crippen LogP contribution in [0.4, 0.5) is 0 Å². The molecule has 0 saturated carbocycles. The van der Waals surface area contributed by atoms with Crippen molar-refractivity contribution in [3.05, 3.63) is 70.8 Å². The number of rotatable bonds is 9. The number of hydrogen-bond acceptors (Lipinski definition) is 4. The monoisotopic (exact) mass is 378 g/mol. The third kappa shape index (κ3) is 5.95. The quantitative estimate of drug-likeness (QED) is 0.345. The molecule has 0 aromatic heterocycles. The van der Waals surface area contributed by atoms with Crippen LogP contribution in [0, 0.1) is 0 Å². The number of carbonyl (C=O) groups is 2. The van der Waals surface area contributed by atoms with Gasteiger partial charge in [0.25, 0.3) is 0 Å². The number of allylic oxidation sites excluding steroid dienone is 2. The Labute approximate surface area is 166 Å². The summed E-state index contributed by atoms with van der Waals surface area (Å²) in [5.41, 5.74) is 2.01. The van der Waals surface area contributed by atoms with Gasteiger partial charge in [-0.1, -0.05) is 36.4 Å². The molecule has 0 heterocycles. The highest BCUT2D eigenvalue weighted by Gasteiger charge is 2.10. The zero-order valence-electron chi connectivity index (χ0n) is 16.7. The maximum Gasteiger partial charge on any atom is 0.150 e. The van der Waals surface area contributed by atoms with Crippen molar-refractivity contribution in [2.24, 2.45) is 0 Å². The van der Waals surface area contributed by atoms with Crippen LogP contribution in [0.3, 0.4) is 0 Å². The molecule has 0 fully saturated rings. The molecule has 0 saturated heterocycles. The van der Waals surface area contributed by atoms with Crippen molar-refractivity contribution < 1.29 is 19.1 Å². The van der Waals surface area contributed by atoms with Crippen LogP contribution in [0.15, 0.2) is 59.7 Å². The normalized spacial score (nSPS) is 12.2. The lowest BCUT2D eigenvalue weighted by Gasteiger charge is -2.13. The Hall–Kier alpha value is -3.14. The van der Waals surface area contributed by atoms with Crippen molar-refractivity contribution in [3.8, 4) is 11.5 Å². The van der Waals surface area contributed by atoms with Crippen LogP contribution in [-0.4, -0.2) is 24.8 Å². The maximum atomic E-state index is 11.8. The molecule has 0 N–H and O–H groups in total. The first kappa shape index (κ1) is 21.2. The molecular formula is C24H26O4. The van der Waals surface area contributed by atoms with Gasteiger partial charge in [0.15, 0.2) is 12.6 Å². The molecule has 2 rings (SSSR count). The highest BCUT2D eigenvalue weighted by Crippen LogP contribution is 2.26. The molecule has 0 radical (unpaired) electrons. The summed E-state index contributed by atoms with van der Waals surface area (Å²) in [6, 6.07) is 14.8. The first-order valence-electron chi connectivity index (χ1n) is 9.30. The fraction of sp³-hybridized carbons (Fsp3) is 0.250. The van der Waals surface area contributed by atoms with Crippen molar-refractivity contribution in [2.75, 3.05) is 0 Å². The zero-order chi connectivity index (χ0) is 20.5. The van der Waals surface area contributed by atoms with E-state index in [4.69, 9.17) is 9.47 Å². The molecule has 28 heavy (non-hydrogen) atoms. The van der Waals surface area contributed by atoms with Crippen molar-refractivity contribution >= 4 is 24.7 Å². The minimum absolute atomic E-state index is 0.00428. The highest BCUT2D eigenvalue weighted by molar-refractivity contribution is 6.03. The fourth-order valence-corrected chi connectivity index (χ4v) is 2.63. The molecule has 146 valence electrons. The maximum absolute atomic E-state index is 11.8. The summed E-state index contributed by atoms with van der Waals surface area (Å²) in [5.74, 6) is 1.32. The molecule has 0 bridgehead atoms. The number of aldehydes is 2. The van der Waals surface area contributed by atoms with E-state index in [0.717, 1.165) is 11.1 Å². The first-order valence-corrected chi connectivity index (χ1v) is 9.30. The Morgan fingerprint density at radius 1 is 0.679 bits per heavy atom. The van der Waals surface area contributed by atoms with Gasteiger partial charge in [0.05, 0.1) is 12.2 Å². The summed E-state index contributed by atoms with van der Waals surface area (Å²) in [6.07, 6.45) is 4.68. The van der Waals surface area contributed by atoms with E-state index in [2.05, 4.69) is 0 Å². The third-order valence-electron chi connectivity index (χ3n) is 3.77. The summed E-state index contributed by atoms with van der Waals surface area (Å²) in [6.45, 7) is 7.74. The lowest BCUT2D eigenvalue weighted by molar-refractivity contribution is -0.107. The van der Waals surface area contributed by atoms with Crippen LogP contribution in [0.2, 0.25) is 0 Å². The minimum atomic E-state index is -0.00428. The minimum Gasteiger partial charge on any atom is -0.490 e. The van der Waals surface area contributed by atoms with Crippen molar-refractivity contribution in [2.45, 2.75) is 39.9 Å². The summed E-state index contributed by atoms with van der Waals surface area (Å²) in [7, 11) is 0. The summed E-state index contributed by atoms with van der Waals surface area (Å²) in [5, 5.41) is 0. The molecule has 4 heteroatoms. The molecule has 0 unspecified atom stereocenters. The Kier molecular flexibility index (Phi) is 7.76. The zero-order valence-corrected chi connectivity index (χ0v) is 16.7. The fourth-order valence-electron chi connectivity index (χ4n) is 2.63. The van der Waals surface area contributed by atoms with Gasteiger partial charge in [0.1, 0.15) is 11.5 Å². The molecule has 0 aliphatic rings. The average molecular weight is 378 g/mol. The van der Waals surface area contributed by atoms with E-state index in [-0.39, 0.29) is 23.4 Å². The van der Waals surface area contributed by atoms with Crippen LogP contribution in [0.5, 0.6) is 11.5 Å². The summed E-state index contributed by atoms with van der Waals surface area (Å²) in [4.78, 5) is 23.5. The molecule has 2 aromatic rings. The average Bonchev–Trinajstić information content (AvgIpc) is 2.66. The van der Waals surface area contributed by atoms with Gasteiger partial charge in [0, 0.05) is 22.3 Å². The highest BCUT2D eigenvalue weighted by atomic mass is 16.5. The second-order valence-corrected chi connectivity index (χ2v) is 6.84. The SMILES string of the molecule is CC(C)Oc1ccccc1C=C(C=O)C(C=O)=Cc1ccccc1OC(C)C. The Balaban J connectivity index is 2.48. The largest absolute Gasteiger partial charge is 0.490 e. The van der Waals surface area contributed by atoms with E-state index in [9.17, 15) is 9.59 Å². The van der Waals surface area contributed by atoms with Gasteiger partial charge in [-0.3, -0.25) is 9.59 Å². The van der Waals surface area contributed by atoms with E-state index < -0.39 is 0 Å². The third-order valence-corrected chi connectivity index (χ3v) is 3.77. The second-order valence-electron chi connectivity index (χ2n) is 6.84. The molecule has 0 spiro atoms. The Bertz CT molecular complexity index is 802. The molecular weight excluding hydrogens is 352 g/mol. The molecule has 2 aromatic carbocycles. The van der Waals surface area contributed by atoms with Crippen LogP contribution in [-0.2, 0) is 9.59 Å². The van der Waals surface area contributed by atoms with Crippen molar-refractivity contribution in [3.63, 3.8) is 0 Å². The number of carbonyl (C=O) groups excluding carboxylic acids is 2. The van der Waals surface area contributed by atoms with Crippen LogP contribution in [0.1, 0.15) is 38.8 Å². The molecule has 0 atom stereocenters. The lowest BCUT2D eigenvalue weighted by atomic mass is 10.0.